The van der Waals surface area contributed by atoms with Crippen LogP contribution in [0.4, 0.5) is 0 Å². The third kappa shape index (κ3) is 4.45. The number of carbonyl (C=O) groups is 2. The molecule has 8 heteroatoms. The van der Waals surface area contributed by atoms with Crippen LogP contribution >= 0.6 is 7.60 Å². The van der Waals surface area contributed by atoms with Gasteiger partial charge in [-0.25, -0.2) is 0 Å². The van der Waals surface area contributed by atoms with E-state index >= 15 is 0 Å². The number of aryl methyl sites for hydroxylation is 1. The average molecular weight is 302 g/mol. The molecule has 4 N–H and O–H groups in total. The van der Waals surface area contributed by atoms with Gasteiger partial charge in [-0.1, -0.05) is 30.3 Å². The Labute approximate surface area is 115 Å². The van der Waals surface area contributed by atoms with Gasteiger partial charge in [0.1, 0.15) is 0 Å². The summed E-state index contributed by atoms with van der Waals surface area (Å²) in [4.78, 5) is 40.1. The lowest BCUT2D eigenvalue weighted by atomic mass is 9.96. The summed E-state index contributed by atoms with van der Waals surface area (Å²) in [6.07, 6.45) is 0.0585. The number of benzene rings is 1. The van der Waals surface area contributed by atoms with Crippen LogP contribution < -0.4 is 0 Å². The minimum Gasteiger partial charge on any atom is -0.481 e. The van der Waals surface area contributed by atoms with Gasteiger partial charge in [-0.05, 0) is 18.4 Å². The number of carboxylic acids is 2. The first kappa shape index (κ1) is 16.4. The molecule has 1 aromatic carbocycles. The van der Waals surface area contributed by atoms with E-state index < -0.39 is 31.1 Å². The number of aliphatic carboxylic acids is 2. The van der Waals surface area contributed by atoms with E-state index in [4.69, 9.17) is 20.0 Å². The van der Waals surface area contributed by atoms with Crippen molar-refractivity contribution in [3.63, 3.8) is 0 Å². The fourth-order valence-electron chi connectivity index (χ4n) is 1.93. The van der Waals surface area contributed by atoms with Crippen molar-refractivity contribution in [1.29, 1.82) is 0 Å². The molecule has 0 saturated heterocycles. The lowest BCUT2D eigenvalue weighted by Gasteiger charge is -2.21. The van der Waals surface area contributed by atoms with E-state index in [0.717, 1.165) is 5.56 Å². The van der Waals surface area contributed by atoms with Crippen LogP contribution in [0.1, 0.15) is 12.0 Å². The highest BCUT2D eigenvalue weighted by atomic mass is 31.2. The number of hydrogen-bond acceptors (Lipinski definition) is 3. The van der Waals surface area contributed by atoms with E-state index in [0.29, 0.717) is 0 Å². The second-order valence-corrected chi connectivity index (χ2v) is 6.08. The molecule has 1 rings (SSSR count). The molecule has 0 aromatic heterocycles. The normalized spacial score (nSPS) is 14.5. The summed E-state index contributed by atoms with van der Waals surface area (Å²) in [5.41, 5.74) is -1.46. The quantitative estimate of drug-likeness (QED) is 0.551. The van der Waals surface area contributed by atoms with Crippen LogP contribution in [0.2, 0.25) is 0 Å². The Bertz CT molecular complexity index is 522. The molecule has 7 nitrogen and oxygen atoms in total. The summed E-state index contributed by atoms with van der Waals surface area (Å²) < 4.78 is 11.2. The Morgan fingerprint density at radius 1 is 1.05 bits per heavy atom. The highest BCUT2D eigenvalue weighted by Crippen LogP contribution is 2.46. The van der Waals surface area contributed by atoms with Crippen molar-refractivity contribution < 1.29 is 34.2 Å². The largest absolute Gasteiger partial charge is 0.481 e. The second-order valence-electron chi connectivity index (χ2n) is 4.34. The molecule has 0 fully saturated rings. The first-order chi connectivity index (χ1) is 9.23. The summed E-state index contributed by atoms with van der Waals surface area (Å²) in [7, 11) is -5.04. The van der Waals surface area contributed by atoms with Crippen molar-refractivity contribution in [2.45, 2.75) is 18.5 Å². The zero-order valence-electron chi connectivity index (χ0n) is 10.4. The second kappa shape index (κ2) is 6.65. The maximum atomic E-state index is 11.2. The molecular formula is C12H15O7P. The van der Waals surface area contributed by atoms with Crippen LogP contribution in [0, 0.1) is 5.92 Å². The van der Waals surface area contributed by atoms with Gasteiger partial charge in [0.15, 0.2) is 5.66 Å². The zero-order chi connectivity index (χ0) is 15.3. The summed E-state index contributed by atoms with van der Waals surface area (Å²) in [6, 6.07) is 8.71. The Morgan fingerprint density at radius 3 is 2.00 bits per heavy atom. The van der Waals surface area contributed by atoms with Crippen molar-refractivity contribution in [2.24, 2.45) is 5.92 Å². The molecule has 2 unspecified atom stereocenters. The van der Waals surface area contributed by atoms with Gasteiger partial charge in [0, 0.05) is 0 Å². The maximum absolute atomic E-state index is 11.2. The molecule has 110 valence electrons. The third-order valence-electron chi connectivity index (χ3n) is 2.90. The van der Waals surface area contributed by atoms with E-state index in [1.165, 1.54) is 0 Å². The number of hydrogen-bond donors (Lipinski definition) is 4. The molecule has 2 atom stereocenters. The van der Waals surface area contributed by atoms with E-state index in [1.54, 1.807) is 30.3 Å². The molecule has 0 radical (unpaired) electrons. The standard InChI is InChI=1S/C12H15O7P/c13-11(14)9(10(12(15)16)20(17,18)19)7-6-8-4-2-1-3-5-8/h1-5,9-10H,6-7H2,(H,13,14)(H,15,16)(H2,17,18,19). The van der Waals surface area contributed by atoms with Gasteiger partial charge in [-0.15, -0.1) is 0 Å². The molecule has 0 aliphatic heterocycles. The smallest absolute Gasteiger partial charge is 0.340 e. The van der Waals surface area contributed by atoms with E-state index in [9.17, 15) is 14.2 Å². The molecule has 20 heavy (non-hydrogen) atoms. The molecule has 0 amide bonds. The molecule has 0 aliphatic rings. The van der Waals surface area contributed by atoms with Crippen LogP contribution in [0.3, 0.4) is 0 Å². The minimum atomic E-state index is -5.04. The van der Waals surface area contributed by atoms with Crippen molar-refractivity contribution in [1.82, 2.24) is 0 Å². The van der Waals surface area contributed by atoms with E-state index in [-0.39, 0.29) is 12.8 Å². The summed E-state index contributed by atoms with van der Waals surface area (Å²) in [5.74, 6) is -4.98. The molecule has 0 saturated carbocycles. The molecular weight excluding hydrogens is 287 g/mol. The van der Waals surface area contributed by atoms with Crippen molar-refractivity contribution >= 4 is 19.5 Å². The fourth-order valence-corrected chi connectivity index (χ4v) is 2.97. The van der Waals surface area contributed by atoms with Crippen molar-refractivity contribution in [3.05, 3.63) is 35.9 Å². The Hall–Kier alpha value is -1.69. The van der Waals surface area contributed by atoms with E-state index in [2.05, 4.69) is 0 Å². The topological polar surface area (TPSA) is 132 Å². The molecule has 0 spiro atoms. The predicted octanol–water partition coefficient (Wildman–Crippen LogP) is 0.951. The van der Waals surface area contributed by atoms with Gasteiger partial charge in [-0.2, -0.15) is 0 Å². The maximum Gasteiger partial charge on any atom is 0.340 e. The van der Waals surface area contributed by atoms with Gasteiger partial charge >= 0.3 is 19.5 Å². The first-order valence-electron chi connectivity index (χ1n) is 5.78. The number of carboxylic acid groups (broad SMARTS) is 2. The van der Waals surface area contributed by atoms with Crippen LogP contribution in [0.15, 0.2) is 30.3 Å². The molecule has 1 aromatic rings. The Morgan fingerprint density at radius 2 is 1.60 bits per heavy atom. The summed E-state index contributed by atoms with van der Waals surface area (Å²) in [6.45, 7) is 0. The van der Waals surface area contributed by atoms with Gasteiger partial charge in [0.05, 0.1) is 5.92 Å². The Balaban J connectivity index is 2.91. The SMILES string of the molecule is O=C(O)C(CCc1ccccc1)C(C(=O)O)P(=O)(O)O. The van der Waals surface area contributed by atoms with Gasteiger partial charge in [-0.3, -0.25) is 14.2 Å². The summed E-state index contributed by atoms with van der Waals surface area (Å²) >= 11 is 0. The van der Waals surface area contributed by atoms with Crippen LogP contribution in [0.25, 0.3) is 0 Å². The lowest BCUT2D eigenvalue weighted by Crippen LogP contribution is -2.35. The van der Waals surface area contributed by atoms with Crippen LogP contribution in [-0.4, -0.2) is 37.6 Å². The van der Waals surface area contributed by atoms with Crippen molar-refractivity contribution in [3.8, 4) is 0 Å². The minimum absolute atomic E-state index is 0.165. The van der Waals surface area contributed by atoms with Crippen LogP contribution in [0.5, 0.6) is 0 Å². The summed E-state index contributed by atoms with van der Waals surface area (Å²) in [5, 5.41) is 17.9. The lowest BCUT2D eigenvalue weighted by molar-refractivity contribution is -0.148. The van der Waals surface area contributed by atoms with Crippen molar-refractivity contribution in [2.75, 3.05) is 0 Å². The molecule has 0 heterocycles. The highest BCUT2D eigenvalue weighted by molar-refractivity contribution is 7.53. The fraction of sp³-hybridized carbons (Fsp3) is 0.333. The monoisotopic (exact) mass is 302 g/mol. The van der Waals surface area contributed by atoms with Gasteiger partial charge in [0.25, 0.3) is 0 Å². The predicted molar refractivity (Wildman–Crippen MR) is 69.4 cm³/mol. The first-order valence-corrected chi connectivity index (χ1v) is 7.46. The highest BCUT2D eigenvalue weighted by Gasteiger charge is 2.45. The Kier molecular flexibility index (Phi) is 5.44. The molecule has 0 bridgehead atoms. The molecule has 0 aliphatic carbocycles. The van der Waals surface area contributed by atoms with Gasteiger partial charge in [0.2, 0.25) is 0 Å². The third-order valence-corrected chi connectivity index (χ3v) is 4.21. The van der Waals surface area contributed by atoms with E-state index in [1.807, 2.05) is 0 Å². The van der Waals surface area contributed by atoms with Gasteiger partial charge < -0.3 is 20.0 Å². The van der Waals surface area contributed by atoms with Crippen LogP contribution in [-0.2, 0) is 20.6 Å². The number of rotatable bonds is 7. The average Bonchev–Trinajstić information content (AvgIpc) is 2.33. The zero-order valence-corrected chi connectivity index (χ0v) is 11.3.